The maximum absolute atomic E-state index is 5.22. The van der Waals surface area contributed by atoms with Crippen LogP contribution in [0.15, 0.2) is 237 Å². The number of benzene rings is 11. The van der Waals surface area contributed by atoms with E-state index < -0.39 is 0 Å². The van der Waals surface area contributed by atoms with Crippen LogP contribution in [0.5, 0.6) is 0 Å². The Morgan fingerprint density at radius 2 is 0.578 bits per heavy atom. The van der Waals surface area contributed by atoms with Gasteiger partial charge in [-0.15, -0.1) is 0 Å². The monoisotopic (exact) mass is 813 g/mol. The van der Waals surface area contributed by atoms with Crippen LogP contribution in [0.25, 0.3) is 122 Å². The lowest BCUT2D eigenvalue weighted by atomic mass is 9.83. The first-order valence-corrected chi connectivity index (χ1v) is 21.8. The van der Waals surface area contributed by atoms with E-state index in [1.54, 1.807) is 0 Å². The Morgan fingerprint density at radius 1 is 0.203 bits per heavy atom. The van der Waals surface area contributed by atoms with Crippen LogP contribution in [-0.2, 0) is 0 Å². The van der Waals surface area contributed by atoms with Crippen molar-refractivity contribution in [2.45, 2.75) is 0 Å². The van der Waals surface area contributed by atoms with E-state index in [4.69, 9.17) is 15.0 Å². The molecule has 298 valence electrons. The third kappa shape index (κ3) is 6.68. The average Bonchev–Trinajstić information content (AvgIpc) is 3.38. The molecule has 11 aromatic carbocycles. The number of fused-ring (bicyclic) bond motifs is 4. The van der Waals surface area contributed by atoms with Crippen molar-refractivity contribution in [1.82, 2.24) is 15.0 Å². The van der Waals surface area contributed by atoms with Gasteiger partial charge in [0.2, 0.25) is 0 Å². The molecule has 0 saturated carbocycles. The summed E-state index contributed by atoms with van der Waals surface area (Å²) in [5, 5.41) is 9.41. The maximum Gasteiger partial charge on any atom is 0.164 e. The molecule has 0 fully saturated rings. The quantitative estimate of drug-likeness (QED) is 0.150. The molecule has 0 bridgehead atoms. The molecule has 0 amide bonds. The van der Waals surface area contributed by atoms with Crippen molar-refractivity contribution < 1.29 is 0 Å². The lowest BCUT2D eigenvalue weighted by Crippen LogP contribution is -2.00. The summed E-state index contributed by atoms with van der Waals surface area (Å²) >= 11 is 0. The van der Waals surface area contributed by atoms with Crippen LogP contribution in [0.4, 0.5) is 0 Å². The first-order chi connectivity index (χ1) is 31.7. The minimum absolute atomic E-state index is 0.626. The van der Waals surface area contributed by atoms with Crippen molar-refractivity contribution >= 4 is 43.1 Å². The first-order valence-electron chi connectivity index (χ1n) is 21.8. The van der Waals surface area contributed by atoms with Crippen LogP contribution >= 0.6 is 0 Å². The maximum atomic E-state index is 5.22. The number of hydrogen-bond acceptors (Lipinski definition) is 3. The van der Waals surface area contributed by atoms with Crippen LogP contribution in [0.2, 0.25) is 0 Å². The Bertz CT molecular complexity index is 3570. The Kier molecular flexibility index (Phi) is 9.16. The van der Waals surface area contributed by atoms with Crippen LogP contribution in [0.3, 0.4) is 0 Å². The summed E-state index contributed by atoms with van der Waals surface area (Å²) in [5.41, 5.74) is 12.3. The second-order valence-corrected chi connectivity index (χ2v) is 16.3. The molecule has 0 aliphatic heterocycles. The zero-order valence-corrected chi connectivity index (χ0v) is 34.9. The summed E-state index contributed by atoms with van der Waals surface area (Å²) in [6.07, 6.45) is 0. The molecule has 12 rings (SSSR count). The highest BCUT2D eigenvalue weighted by Crippen LogP contribution is 2.46. The molecule has 0 saturated heterocycles. The van der Waals surface area contributed by atoms with E-state index in [0.717, 1.165) is 33.0 Å². The van der Waals surface area contributed by atoms with Crippen molar-refractivity contribution in [1.29, 1.82) is 0 Å². The molecule has 0 unspecified atom stereocenters. The second-order valence-electron chi connectivity index (χ2n) is 16.3. The summed E-state index contributed by atoms with van der Waals surface area (Å²) < 4.78 is 0. The highest BCUT2D eigenvalue weighted by atomic mass is 15.0. The van der Waals surface area contributed by atoms with E-state index in [1.807, 2.05) is 0 Å². The van der Waals surface area contributed by atoms with Crippen LogP contribution < -0.4 is 0 Å². The van der Waals surface area contributed by atoms with Crippen molar-refractivity contribution in [3.8, 4) is 78.7 Å². The van der Waals surface area contributed by atoms with E-state index in [-0.39, 0.29) is 0 Å². The molecule has 0 aliphatic carbocycles. The Balaban J connectivity index is 1.02. The van der Waals surface area contributed by atoms with Gasteiger partial charge < -0.3 is 0 Å². The fourth-order valence-corrected chi connectivity index (χ4v) is 9.39. The lowest BCUT2D eigenvalue weighted by molar-refractivity contribution is 1.08. The normalized spacial score (nSPS) is 11.4. The Morgan fingerprint density at radius 3 is 1.14 bits per heavy atom. The van der Waals surface area contributed by atoms with Gasteiger partial charge >= 0.3 is 0 Å². The predicted octanol–water partition coefficient (Wildman–Crippen LogP) is 16.2. The molecule has 0 radical (unpaired) electrons. The summed E-state index contributed by atoms with van der Waals surface area (Å²) in [7, 11) is 0. The molecule has 3 nitrogen and oxygen atoms in total. The van der Waals surface area contributed by atoms with Gasteiger partial charge in [0.05, 0.1) is 0 Å². The SMILES string of the molecule is c1ccc(-c2ccc(-c3ccccc3-c3c4ccccc4c(-c4cccc(-c5nc(-c6ccc7ccccc7c6)nc(-c6ccc7ccccc7c6)n5)c4)c4ccccc34)cc2)cc1. The van der Waals surface area contributed by atoms with Crippen molar-refractivity contribution in [3.05, 3.63) is 237 Å². The number of nitrogens with zero attached hydrogens (tertiary/aromatic N) is 3. The lowest BCUT2D eigenvalue weighted by Gasteiger charge is -2.20. The molecular weight excluding hydrogens is 775 g/mol. The van der Waals surface area contributed by atoms with Gasteiger partial charge in [0.25, 0.3) is 0 Å². The Labute approximate surface area is 371 Å². The van der Waals surface area contributed by atoms with Crippen molar-refractivity contribution in [2.75, 3.05) is 0 Å². The van der Waals surface area contributed by atoms with Gasteiger partial charge in [0.1, 0.15) is 0 Å². The molecular formula is C61H39N3. The second kappa shape index (κ2) is 15.7. The van der Waals surface area contributed by atoms with Crippen LogP contribution in [-0.4, -0.2) is 15.0 Å². The highest BCUT2D eigenvalue weighted by Gasteiger charge is 2.20. The third-order valence-electron chi connectivity index (χ3n) is 12.5. The van der Waals surface area contributed by atoms with Gasteiger partial charge in [-0.05, 0) is 106 Å². The minimum atomic E-state index is 0.626. The van der Waals surface area contributed by atoms with E-state index in [9.17, 15) is 0 Å². The highest BCUT2D eigenvalue weighted by molar-refractivity contribution is 6.22. The number of hydrogen-bond donors (Lipinski definition) is 0. The van der Waals surface area contributed by atoms with Crippen molar-refractivity contribution in [2.24, 2.45) is 0 Å². The minimum Gasteiger partial charge on any atom is -0.208 e. The predicted molar refractivity (Wildman–Crippen MR) is 268 cm³/mol. The molecule has 1 aromatic heterocycles. The average molecular weight is 814 g/mol. The Hall–Kier alpha value is -8.53. The van der Waals surface area contributed by atoms with Crippen molar-refractivity contribution in [3.63, 3.8) is 0 Å². The fraction of sp³-hybridized carbons (Fsp3) is 0. The van der Waals surface area contributed by atoms with Crippen LogP contribution in [0.1, 0.15) is 0 Å². The van der Waals surface area contributed by atoms with Gasteiger partial charge in [-0.3, -0.25) is 0 Å². The number of aromatic nitrogens is 3. The molecule has 0 aliphatic rings. The fourth-order valence-electron chi connectivity index (χ4n) is 9.39. The summed E-state index contributed by atoms with van der Waals surface area (Å²) in [6, 6.07) is 84.5. The van der Waals surface area contributed by atoms with Gasteiger partial charge in [0, 0.05) is 16.7 Å². The summed E-state index contributed by atoms with van der Waals surface area (Å²) in [6.45, 7) is 0. The third-order valence-corrected chi connectivity index (χ3v) is 12.5. The molecule has 64 heavy (non-hydrogen) atoms. The first kappa shape index (κ1) is 37.2. The molecule has 0 N–H and O–H groups in total. The van der Waals surface area contributed by atoms with E-state index in [1.165, 1.54) is 71.3 Å². The number of rotatable bonds is 7. The van der Waals surface area contributed by atoms with Gasteiger partial charge in [-0.2, -0.15) is 0 Å². The summed E-state index contributed by atoms with van der Waals surface area (Å²) in [4.78, 5) is 15.6. The van der Waals surface area contributed by atoms with E-state index >= 15 is 0 Å². The summed E-state index contributed by atoms with van der Waals surface area (Å²) in [5.74, 6) is 1.90. The standard InChI is InChI=1S/C61H39N3/c1-2-15-40(16-3-1)43-29-33-44(34-30-43)51-23-8-9-24-52(51)58-55-27-12-10-25-53(55)57(54-26-11-13-28-56(54)58)47-21-14-22-48(39-47)59-62-60(49-35-31-41-17-4-6-19-45(41)37-49)64-61(63-59)50-36-32-42-18-5-7-20-46(42)38-50/h1-39H. The largest absolute Gasteiger partial charge is 0.208 e. The zero-order chi connectivity index (χ0) is 42.4. The van der Waals surface area contributed by atoms with Gasteiger partial charge in [-0.25, -0.2) is 15.0 Å². The zero-order valence-electron chi connectivity index (χ0n) is 34.9. The smallest absolute Gasteiger partial charge is 0.164 e. The van der Waals surface area contributed by atoms with Gasteiger partial charge in [-0.1, -0.05) is 218 Å². The topological polar surface area (TPSA) is 38.7 Å². The molecule has 3 heteroatoms. The molecule has 12 aromatic rings. The van der Waals surface area contributed by atoms with Crippen LogP contribution in [0, 0.1) is 0 Å². The molecule has 1 heterocycles. The molecule has 0 atom stereocenters. The van der Waals surface area contributed by atoms with E-state index in [0.29, 0.717) is 17.5 Å². The van der Waals surface area contributed by atoms with E-state index in [2.05, 4.69) is 237 Å². The van der Waals surface area contributed by atoms with Gasteiger partial charge in [0.15, 0.2) is 17.5 Å². The molecule has 0 spiro atoms.